The summed E-state index contributed by atoms with van der Waals surface area (Å²) in [4.78, 5) is 13.5. The predicted molar refractivity (Wildman–Crippen MR) is 72.6 cm³/mol. The highest BCUT2D eigenvalue weighted by Gasteiger charge is 2.26. The number of nitrogens with zero attached hydrogens (tertiary/aromatic N) is 1. The number of rotatable bonds is 3. The van der Waals surface area contributed by atoms with Gasteiger partial charge in [-0.3, -0.25) is 0 Å². The Morgan fingerprint density at radius 1 is 1.39 bits per heavy atom. The molecule has 1 amide bonds. The number of likely N-dealkylation sites (tertiary alicyclic amines) is 1. The number of halogens is 1. The van der Waals surface area contributed by atoms with E-state index >= 15 is 0 Å². The van der Waals surface area contributed by atoms with Crippen LogP contribution in [0.1, 0.15) is 12.0 Å². The van der Waals surface area contributed by atoms with Crippen LogP contribution in [0.25, 0.3) is 0 Å². The van der Waals surface area contributed by atoms with E-state index in [1.807, 2.05) is 30.3 Å². The van der Waals surface area contributed by atoms with Crippen LogP contribution in [0.15, 0.2) is 30.3 Å². The molecule has 18 heavy (non-hydrogen) atoms. The number of nitrogens with two attached hydrogens (primary N) is 1. The lowest BCUT2D eigenvalue weighted by Gasteiger charge is -2.16. The van der Waals surface area contributed by atoms with Gasteiger partial charge in [0.05, 0.1) is 0 Å². The highest BCUT2D eigenvalue weighted by molar-refractivity contribution is 5.85. The van der Waals surface area contributed by atoms with Gasteiger partial charge in [-0.25, -0.2) is 4.79 Å². The fraction of sp³-hybridized carbons (Fsp3) is 0.462. The average molecular weight is 271 g/mol. The summed E-state index contributed by atoms with van der Waals surface area (Å²) in [5.74, 6) is 0.430. The highest BCUT2D eigenvalue weighted by atomic mass is 35.5. The number of carbonyl (C=O) groups is 1. The largest absolute Gasteiger partial charge is 0.445 e. The van der Waals surface area contributed by atoms with E-state index in [9.17, 15) is 4.79 Å². The van der Waals surface area contributed by atoms with E-state index in [1.54, 1.807) is 4.90 Å². The minimum Gasteiger partial charge on any atom is -0.445 e. The third kappa shape index (κ3) is 3.89. The molecule has 0 radical (unpaired) electrons. The smallest absolute Gasteiger partial charge is 0.410 e. The lowest BCUT2D eigenvalue weighted by Crippen LogP contribution is -2.30. The van der Waals surface area contributed by atoms with Crippen LogP contribution in [0.3, 0.4) is 0 Å². The number of amides is 1. The Morgan fingerprint density at radius 3 is 2.72 bits per heavy atom. The molecular weight excluding hydrogens is 252 g/mol. The molecule has 0 aliphatic carbocycles. The molecule has 0 saturated carbocycles. The number of carbonyl (C=O) groups excluding carboxylic acids is 1. The summed E-state index contributed by atoms with van der Waals surface area (Å²) in [5.41, 5.74) is 6.59. The number of benzene rings is 1. The van der Waals surface area contributed by atoms with Crippen LogP contribution in [0.5, 0.6) is 0 Å². The first kappa shape index (κ1) is 14.8. The van der Waals surface area contributed by atoms with Gasteiger partial charge in [-0.15, -0.1) is 12.4 Å². The molecule has 1 aromatic carbocycles. The summed E-state index contributed by atoms with van der Waals surface area (Å²) in [5, 5.41) is 0. The summed E-state index contributed by atoms with van der Waals surface area (Å²) in [7, 11) is 0. The monoisotopic (exact) mass is 270 g/mol. The van der Waals surface area contributed by atoms with E-state index < -0.39 is 0 Å². The van der Waals surface area contributed by atoms with E-state index in [0.717, 1.165) is 25.1 Å². The first-order valence-corrected chi connectivity index (χ1v) is 5.95. The Hall–Kier alpha value is -1.26. The van der Waals surface area contributed by atoms with E-state index in [0.29, 0.717) is 19.1 Å². The summed E-state index contributed by atoms with van der Waals surface area (Å²) in [6.07, 6.45) is 0.751. The molecule has 0 spiro atoms. The molecule has 2 rings (SSSR count). The van der Waals surface area contributed by atoms with Crippen molar-refractivity contribution < 1.29 is 9.53 Å². The Labute approximate surface area is 114 Å². The molecule has 1 unspecified atom stereocenters. The Kier molecular flexibility index (Phi) is 5.95. The second kappa shape index (κ2) is 7.24. The zero-order chi connectivity index (χ0) is 12.1. The summed E-state index contributed by atoms with van der Waals surface area (Å²) < 4.78 is 5.25. The van der Waals surface area contributed by atoms with Gasteiger partial charge in [0, 0.05) is 13.1 Å². The van der Waals surface area contributed by atoms with Crippen molar-refractivity contribution in [3.63, 3.8) is 0 Å². The van der Waals surface area contributed by atoms with Crippen LogP contribution in [0.4, 0.5) is 4.79 Å². The molecule has 0 aromatic heterocycles. The zero-order valence-corrected chi connectivity index (χ0v) is 11.1. The molecule has 2 N–H and O–H groups in total. The number of hydrogen-bond donors (Lipinski definition) is 1. The minimum atomic E-state index is -0.232. The van der Waals surface area contributed by atoms with Crippen molar-refractivity contribution in [2.45, 2.75) is 13.0 Å². The van der Waals surface area contributed by atoms with Gasteiger partial charge in [0.25, 0.3) is 0 Å². The standard InChI is InChI=1S/C13H18N2O2.ClH/c14-8-12-6-7-15(9-12)13(16)17-10-11-4-2-1-3-5-11;/h1-5,12H,6-10,14H2;1H. The Balaban J connectivity index is 0.00000162. The molecule has 1 fully saturated rings. The summed E-state index contributed by atoms with van der Waals surface area (Å²) >= 11 is 0. The lowest BCUT2D eigenvalue weighted by atomic mass is 10.1. The molecule has 1 atom stereocenters. The van der Waals surface area contributed by atoms with Crippen molar-refractivity contribution in [1.29, 1.82) is 0 Å². The second-order valence-electron chi connectivity index (χ2n) is 4.38. The third-order valence-corrected chi connectivity index (χ3v) is 3.08. The van der Waals surface area contributed by atoms with Crippen molar-refractivity contribution >= 4 is 18.5 Å². The van der Waals surface area contributed by atoms with Gasteiger partial charge in [0.15, 0.2) is 0 Å². The molecule has 1 aliphatic heterocycles. The fourth-order valence-electron chi connectivity index (χ4n) is 2.00. The number of hydrogen-bond acceptors (Lipinski definition) is 3. The van der Waals surface area contributed by atoms with Crippen molar-refractivity contribution in [3.05, 3.63) is 35.9 Å². The van der Waals surface area contributed by atoms with Crippen LogP contribution >= 0.6 is 12.4 Å². The van der Waals surface area contributed by atoms with Crippen LogP contribution < -0.4 is 5.73 Å². The van der Waals surface area contributed by atoms with Gasteiger partial charge in [0.2, 0.25) is 0 Å². The van der Waals surface area contributed by atoms with Gasteiger partial charge in [0.1, 0.15) is 6.61 Å². The van der Waals surface area contributed by atoms with E-state index in [1.165, 1.54) is 0 Å². The normalized spacial score (nSPS) is 18.3. The maximum absolute atomic E-state index is 11.7. The molecule has 100 valence electrons. The van der Waals surface area contributed by atoms with E-state index in [4.69, 9.17) is 10.5 Å². The van der Waals surface area contributed by atoms with Gasteiger partial charge in [-0.2, -0.15) is 0 Å². The van der Waals surface area contributed by atoms with Gasteiger partial charge in [-0.1, -0.05) is 30.3 Å². The Morgan fingerprint density at radius 2 is 2.11 bits per heavy atom. The van der Waals surface area contributed by atoms with Crippen molar-refractivity contribution in [3.8, 4) is 0 Å². The molecule has 0 bridgehead atoms. The summed E-state index contributed by atoms with van der Waals surface area (Å²) in [6, 6.07) is 9.70. The third-order valence-electron chi connectivity index (χ3n) is 3.08. The first-order chi connectivity index (χ1) is 8.29. The van der Waals surface area contributed by atoms with Crippen LogP contribution in [-0.4, -0.2) is 30.6 Å². The minimum absolute atomic E-state index is 0. The quantitative estimate of drug-likeness (QED) is 0.914. The second-order valence-corrected chi connectivity index (χ2v) is 4.38. The van der Waals surface area contributed by atoms with Gasteiger partial charge >= 0.3 is 6.09 Å². The van der Waals surface area contributed by atoms with Gasteiger partial charge in [-0.05, 0) is 24.4 Å². The predicted octanol–water partition coefficient (Wildman–Crippen LogP) is 2.03. The van der Waals surface area contributed by atoms with Crippen LogP contribution in [0, 0.1) is 5.92 Å². The fourth-order valence-corrected chi connectivity index (χ4v) is 2.00. The van der Waals surface area contributed by atoms with Crippen LogP contribution in [0.2, 0.25) is 0 Å². The molecule has 1 aromatic rings. The number of ether oxygens (including phenoxy) is 1. The van der Waals surface area contributed by atoms with E-state index in [-0.39, 0.29) is 18.5 Å². The van der Waals surface area contributed by atoms with Crippen molar-refractivity contribution in [2.75, 3.05) is 19.6 Å². The zero-order valence-electron chi connectivity index (χ0n) is 10.2. The molecular formula is C13H19ClN2O2. The van der Waals surface area contributed by atoms with Crippen molar-refractivity contribution in [1.82, 2.24) is 4.90 Å². The van der Waals surface area contributed by atoms with Crippen molar-refractivity contribution in [2.24, 2.45) is 11.7 Å². The van der Waals surface area contributed by atoms with E-state index in [2.05, 4.69) is 0 Å². The maximum Gasteiger partial charge on any atom is 0.410 e. The topological polar surface area (TPSA) is 55.6 Å². The highest BCUT2D eigenvalue weighted by Crippen LogP contribution is 2.16. The van der Waals surface area contributed by atoms with Crippen LogP contribution in [-0.2, 0) is 11.3 Å². The maximum atomic E-state index is 11.7. The van der Waals surface area contributed by atoms with Gasteiger partial charge < -0.3 is 15.4 Å². The average Bonchev–Trinajstić information content (AvgIpc) is 2.86. The molecule has 1 heterocycles. The lowest BCUT2D eigenvalue weighted by molar-refractivity contribution is 0.103. The molecule has 1 saturated heterocycles. The SMILES string of the molecule is Cl.NCC1CCN(C(=O)OCc2ccccc2)C1. The molecule has 5 heteroatoms. The Bertz CT molecular complexity index is 373. The molecule has 4 nitrogen and oxygen atoms in total. The summed E-state index contributed by atoms with van der Waals surface area (Å²) in [6.45, 7) is 2.46. The molecule has 1 aliphatic rings. The first-order valence-electron chi connectivity index (χ1n) is 5.95.